The standard InChI is InChI=1S/C29H32FNO4/c1-3-4-5-6-7-8-18-34-25-15-12-22(28(32)19-25)20-31-27-11-9-10-26(21(27)2)29(33)35-24-16-13-23(30)14-17-24/h9-17,19-20,32H,3-8,18H2,1-2H3. The molecule has 0 spiro atoms. The summed E-state index contributed by atoms with van der Waals surface area (Å²) in [5.41, 5.74) is 2.10. The van der Waals surface area contributed by atoms with Crippen molar-refractivity contribution in [1.82, 2.24) is 0 Å². The van der Waals surface area contributed by atoms with Crippen LogP contribution in [0.3, 0.4) is 0 Å². The van der Waals surface area contributed by atoms with Crippen molar-refractivity contribution >= 4 is 17.9 Å². The van der Waals surface area contributed by atoms with Crippen LogP contribution in [-0.2, 0) is 0 Å². The summed E-state index contributed by atoms with van der Waals surface area (Å²) < 4.78 is 24.2. The van der Waals surface area contributed by atoms with E-state index in [1.165, 1.54) is 49.9 Å². The van der Waals surface area contributed by atoms with E-state index >= 15 is 0 Å². The number of hydrogen-bond acceptors (Lipinski definition) is 5. The Hall–Kier alpha value is -3.67. The van der Waals surface area contributed by atoms with Crippen molar-refractivity contribution in [2.75, 3.05) is 6.61 Å². The van der Waals surface area contributed by atoms with Gasteiger partial charge in [0.1, 0.15) is 23.1 Å². The van der Waals surface area contributed by atoms with Gasteiger partial charge in [-0.05, 0) is 67.4 Å². The van der Waals surface area contributed by atoms with Crippen LogP contribution in [0.1, 0.15) is 66.9 Å². The lowest BCUT2D eigenvalue weighted by molar-refractivity contribution is 0.0734. The average molecular weight is 478 g/mol. The van der Waals surface area contributed by atoms with Crippen LogP contribution in [0.25, 0.3) is 0 Å². The van der Waals surface area contributed by atoms with Gasteiger partial charge < -0.3 is 14.6 Å². The zero-order valence-electron chi connectivity index (χ0n) is 20.3. The number of unbranched alkanes of at least 4 members (excludes halogenated alkanes) is 5. The molecular weight excluding hydrogens is 445 g/mol. The fraction of sp³-hybridized carbons (Fsp3) is 0.310. The van der Waals surface area contributed by atoms with Crippen LogP contribution in [-0.4, -0.2) is 23.9 Å². The van der Waals surface area contributed by atoms with Gasteiger partial charge in [0.15, 0.2) is 0 Å². The highest BCUT2D eigenvalue weighted by Crippen LogP contribution is 2.26. The number of benzene rings is 3. The van der Waals surface area contributed by atoms with E-state index in [0.717, 1.165) is 12.8 Å². The molecule has 0 aromatic heterocycles. The van der Waals surface area contributed by atoms with Gasteiger partial charge in [0, 0.05) is 17.8 Å². The molecule has 0 saturated heterocycles. The van der Waals surface area contributed by atoms with Crippen LogP contribution in [0.4, 0.5) is 10.1 Å². The van der Waals surface area contributed by atoms with Crippen LogP contribution < -0.4 is 9.47 Å². The monoisotopic (exact) mass is 477 g/mol. The molecule has 3 aromatic carbocycles. The Bertz CT molecular complexity index is 1140. The zero-order valence-corrected chi connectivity index (χ0v) is 20.3. The highest BCUT2D eigenvalue weighted by Gasteiger charge is 2.14. The number of phenolic OH excluding ortho intramolecular Hbond substituents is 1. The molecule has 0 aliphatic rings. The van der Waals surface area contributed by atoms with Gasteiger partial charge in [0.05, 0.1) is 17.9 Å². The lowest BCUT2D eigenvalue weighted by Gasteiger charge is -2.09. The number of nitrogens with zero attached hydrogens (tertiary/aromatic N) is 1. The van der Waals surface area contributed by atoms with Gasteiger partial charge in [0.25, 0.3) is 0 Å². The Kier molecular flexibility index (Phi) is 9.84. The maximum atomic E-state index is 13.1. The van der Waals surface area contributed by atoms with Crippen molar-refractivity contribution in [1.29, 1.82) is 0 Å². The molecular formula is C29H32FNO4. The van der Waals surface area contributed by atoms with Gasteiger partial charge in [-0.25, -0.2) is 9.18 Å². The number of hydrogen-bond donors (Lipinski definition) is 1. The normalized spacial score (nSPS) is 11.1. The van der Waals surface area contributed by atoms with Gasteiger partial charge in [-0.3, -0.25) is 4.99 Å². The maximum absolute atomic E-state index is 13.1. The number of rotatable bonds is 12. The number of phenols is 1. The van der Waals surface area contributed by atoms with E-state index in [1.54, 1.807) is 43.5 Å². The summed E-state index contributed by atoms with van der Waals surface area (Å²) in [4.78, 5) is 17.0. The van der Waals surface area contributed by atoms with Crippen molar-refractivity contribution in [3.05, 3.63) is 83.2 Å². The number of carbonyl (C=O) groups excluding carboxylic acids is 1. The molecule has 0 bridgehead atoms. The van der Waals surface area contributed by atoms with Crippen molar-refractivity contribution < 1.29 is 23.8 Å². The highest BCUT2D eigenvalue weighted by atomic mass is 19.1. The number of aromatic hydroxyl groups is 1. The van der Waals surface area contributed by atoms with Gasteiger partial charge in [-0.15, -0.1) is 0 Å². The summed E-state index contributed by atoms with van der Waals surface area (Å²) in [5.74, 6) is -0.0130. The molecule has 3 aromatic rings. The largest absolute Gasteiger partial charge is 0.507 e. The molecule has 0 aliphatic heterocycles. The molecule has 0 saturated carbocycles. The van der Waals surface area contributed by atoms with Crippen LogP contribution in [0.15, 0.2) is 65.7 Å². The van der Waals surface area contributed by atoms with Gasteiger partial charge >= 0.3 is 5.97 Å². The highest BCUT2D eigenvalue weighted by molar-refractivity contribution is 5.94. The first kappa shape index (κ1) is 25.9. The molecule has 3 rings (SSSR count). The van der Waals surface area contributed by atoms with E-state index in [-0.39, 0.29) is 11.5 Å². The van der Waals surface area contributed by atoms with Gasteiger partial charge in [0.2, 0.25) is 0 Å². The van der Waals surface area contributed by atoms with E-state index in [0.29, 0.717) is 34.7 Å². The predicted molar refractivity (Wildman–Crippen MR) is 137 cm³/mol. The van der Waals surface area contributed by atoms with E-state index in [4.69, 9.17) is 9.47 Å². The second-order valence-electron chi connectivity index (χ2n) is 8.39. The van der Waals surface area contributed by atoms with Crippen LogP contribution in [0, 0.1) is 12.7 Å². The minimum Gasteiger partial charge on any atom is -0.507 e. The summed E-state index contributed by atoms with van der Waals surface area (Å²) in [6.07, 6.45) is 8.69. The molecule has 1 N–H and O–H groups in total. The number of halogens is 1. The second kappa shape index (κ2) is 13.3. The third-order valence-electron chi connectivity index (χ3n) is 5.66. The van der Waals surface area contributed by atoms with Crippen molar-refractivity contribution in [3.8, 4) is 17.2 Å². The summed E-state index contributed by atoms with van der Waals surface area (Å²) in [5, 5.41) is 10.4. The quantitative estimate of drug-likeness (QED) is 0.127. The van der Waals surface area contributed by atoms with Crippen molar-refractivity contribution in [2.24, 2.45) is 4.99 Å². The fourth-order valence-electron chi connectivity index (χ4n) is 3.58. The molecule has 0 atom stereocenters. The minimum atomic E-state index is -0.555. The third kappa shape index (κ3) is 7.95. The summed E-state index contributed by atoms with van der Waals surface area (Å²) in [6.45, 7) is 4.60. The molecule has 184 valence electrons. The molecule has 0 heterocycles. The first-order valence-electron chi connectivity index (χ1n) is 12.0. The smallest absolute Gasteiger partial charge is 0.343 e. The molecule has 0 aliphatic carbocycles. The maximum Gasteiger partial charge on any atom is 0.343 e. The lowest BCUT2D eigenvalue weighted by Crippen LogP contribution is -2.10. The van der Waals surface area contributed by atoms with Crippen molar-refractivity contribution in [2.45, 2.75) is 52.4 Å². The van der Waals surface area contributed by atoms with Gasteiger partial charge in [-0.1, -0.05) is 45.1 Å². The van der Waals surface area contributed by atoms with E-state index in [1.807, 2.05) is 6.07 Å². The van der Waals surface area contributed by atoms with E-state index < -0.39 is 11.8 Å². The lowest BCUT2D eigenvalue weighted by atomic mass is 10.1. The first-order chi connectivity index (χ1) is 17.0. The number of aliphatic imine (C=N–C) groups is 1. The first-order valence-corrected chi connectivity index (χ1v) is 12.0. The molecule has 0 unspecified atom stereocenters. The second-order valence-corrected chi connectivity index (χ2v) is 8.39. The number of ether oxygens (including phenoxy) is 2. The minimum absolute atomic E-state index is 0.0683. The molecule has 0 fully saturated rings. The molecule has 35 heavy (non-hydrogen) atoms. The fourth-order valence-corrected chi connectivity index (χ4v) is 3.58. The SMILES string of the molecule is CCCCCCCCOc1ccc(C=Nc2cccc(C(=O)Oc3ccc(F)cc3)c2C)c(O)c1. The Balaban J connectivity index is 1.60. The molecule has 0 amide bonds. The number of carbonyl (C=O) groups is 1. The van der Waals surface area contributed by atoms with E-state index in [9.17, 15) is 14.3 Å². The van der Waals surface area contributed by atoms with Crippen LogP contribution in [0.2, 0.25) is 0 Å². The Morgan fingerprint density at radius 3 is 2.43 bits per heavy atom. The van der Waals surface area contributed by atoms with Crippen LogP contribution >= 0.6 is 0 Å². The summed E-state index contributed by atoms with van der Waals surface area (Å²) in [6, 6.07) is 15.5. The average Bonchev–Trinajstić information content (AvgIpc) is 2.85. The zero-order chi connectivity index (χ0) is 25.0. The summed E-state index contributed by atoms with van der Waals surface area (Å²) >= 11 is 0. The predicted octanol–water partition coefficient (Wildman–Crippen LogP) is 7.55. The van der Waals surface area contributed by atoms with Crippen LogP contribution in [0.5, 0.6) is 17.2 Å². The third-order valence-corrected chi connectivity index (χ3v) is 5.66. The van der Waals surface area contributed by atoms with Gasteiger partial charge in [-0.2, -0.15) is 0 Å². The van der Waals surface area contributed by atoms with Crippen molar-refractivity contribution in [3.63, 3.8) is 0 Å². The molecule has 6 heteroatoms. The van der Waals surface area contributed by atoms with E-state index in [2.05, 4.69) is 11.9 Å². The molecule has 5 nitrogen and oxygen atoms in total. The summed E-state index contributed by atoms with van der Waals surface area (Å²) in [7, 11) is 0. The Labute approximate surface area is 206 Å². The Morgan fingerprint density at radius 1 is 0.971 bits per heavy atom. The Morgan fingerprint density at radius 2 is 1.69 bits per heavy atom. The molecule has 0 radical (unpaired) electrons. The number of esters is 1. The topological polar surface area (TPSA) is 68.1 Å².